The maximum Gasteiger partial charge on any atom is 0.319 e. The van der Waals surface area contributed by atoms with Crippen LogP contribution in [-0.4, -0.2) is 46.6 Å². The molecule has 0 bridgehead atoms. The number of nitrogens with one attached hydrogen (secondary N) is 4. The summed E-state index contributed by atoms with van der Waals surface area (Å²) in [7, 11) is 1.58. The number of rotatable bonds is 5. The van der Waals surface area contributed by atoms with E-state index in [4.69, 9.17) is 0 Å². The number of nitrogens with zero attached hydrogens (tertiary/aromatic N) is 3. The fourth-order valence-corrected chi connectivity index (χ4v) is 2.79. The van der Waals surface area contributed by atoms with Crippen molar-refractivity contribution in [2.75, 3.05) is 18.9 Å². The van der Waals surface area contributed by atoms with Crippen molar-refractivity contribution in [3.63, 3.8) is 0 Å². The molecule has 28 heavy (non-hydrogen) atoms. The van der Waals surface area contributed by atoms with Crippen LogP contribution in [0.5, 0.6) is 0 Å². The lowest BCUT2D eigenvalue weighted by Crippen LogP contribution is -2.38. The molecule has 0 unspecified atom stereocenters. The Hall–Kier alpha value is -2.79. The molecule has 0 spiro atoms. The van der Waals surface area contributed by atoms with Gasteiger partial charge < -0.3 is 21.3 Å². The maximum absolute atomic E-state index is 13.5. The molecule has 0 aliphatic carbocycles. The minimum atomic E-state index is -0.865. The molecular weight excluding hydrogens is 396 g/mol. The van der Waals surface area contributed by atoms with Crippen LogP contribution in [0.2, 0.25) is 0 Å². The topological polar surface area (TPSA) is 113 Å². The van der Waals surface area contributed by atoms with Gasteiger partial charge in [0, 0.05) is 19.7 Å². The number of halogens is 3. The van der Waals surface area contributed by atoms with Gasteiger partial charge in [-0.25, -0.2) is 18.3 Å². The van der Waals surface area contributed by atoms with Crippen LogP contribution in [-0.2, 0) is 11.3 Å². The van der Waals surface area contributed by atoms with E-state index in [1.54, 1.807) is 17.9 Å². The number of amides is 3. The molecule has 1 aromatic heterocycles. The first-order chi connectivity index (χ1) is 13.0. The highest BCUT2D eigenvalue weighted by molar-refractivity contribution is 5.89. The third kappa shape index (κ3) is 5.14. The van der Waals surface area contributed by atoms with E-state index in [1.807, 2.05) is 0 Å². The maximum atomic E-state index is 13.5. The van der Waals surface area contributed by atoms with Crippen molar-refractivity contribution in [3.05, 3.63) is 41.7 Å². The van der Waals surface area contributed by atoms with Crippen LogP contribution in [0.4, 0.5) is 19.3 Å². The van der Waals surface area contributed by atoms with Crippen LogP contribution in [0, 0.1) is 11.6 Å². The normalized spacial score (nSPS) is 18.2. The Morgan fingerprint density at radius 3 is 2.86 bits per heavy atom. The molecule has 4 N–H and O–H groups in total. The van der Waals surface area contributed by atoms with Crippen LogP contribution in [0.15, 0.2) is 24.4 Å². The van der Waals surface area contributed by atoms with E-state index in [2.05, 4.69) is 31.6 Å². The number of likely N-dealkylation sites (N-methyl/N-ethyl adjacent to an activating group) is 1. The number of urea groups is 1. The van der Waals surface area contributed by atoms with Gasteiger partial charge in [0.2, 0.25) is 5.91 Å². The Morgan fingerprint density at radius 2 is 2.14 bits per heavy atom. The number of benzene rings is 1. The predicted molar refractivity (Wildman–Crippen MR) is 99.0 cm³/mol. The van der Waals surface area contributed by atoms with Crippen molar-refractivity contribution in [2.45, 2.75) is 25.0 Å². The van der Waals surface area contributed by atoms with Crippen molar-refractivity contribution in [1.82, 2.24) is 30.9 Å². The molecule has 12 heteroatoms. The van der Waals surface area contributed by atoms with Crippen LogP contribution in [0.1, 0.15) is 18.2 Å². The van der Waals surface area contributed by atoms with Gasteiger partial charge in [-0.05, 0) is 18.6 Å². The molecule has 1 saturated heterocycles. The minimum Gasteiger partial charge on any atom is -0.358 e. The second-order valence-corrected chi connectivity index (χ2v) is 6.09. The average molecular weight is 416 g/mol. The molecule has 3 rings (SSSR count). The zero-order valence-corrected chi connectivity index (χ0v) is 15.7. The lowest BCUT2D eigenvalue weighted by atomic mass is 10.1. The summed E-state index contributed by atoms with van der Waals surface area (Å²) in [4.78, 5) is 23.5. The van der Waals surface area contributed by atoms with Gasteiger partial charge in [-0.1, -0.05) is 5.21 Å². The summed E-state index contributed by atoms with van der Waals surface area (Å²) in [6.45, 7) is 0.659. The smallest absolute Gasteiger partial charge is 0.319 e. The van der Waals surface area contributed by atoms with E-state index < -0.39 is 17.7 Å². The minimum absolute atomic E-state index is 0. The van der Waals surface area contributed by atoms with Crippen LogP contribution >= 0.6 is 12.4 Å². The number of hydrogen-bond donors (Lipinski definition) is 4. The molecule has 0 radical (unpaired) electrons. The summed E-state index contributed by atoms with van der Waals surface area (Å²) in [6, 6.07) is 1.92. The van der Waals surface area contributed by atoms with Gasteiger partial charge >= 0.3 is 6.03 Å². The lowest BCUT2D eigenvalue weighted by molar-refractivity contribution is -0.122. The largest absolute Gasteiger partial charge is 0.358 e. The summed E-state index contributed by atoms with van der Waals surface area (Å²) in [5.74, 6) is -1.67. The first-order valence-electron chi connectivity index (χ1n) is 8.32. The highest BCUT2D eigenvalue weighted by Gasteiger charge is 2.30. The second kappa shape index (κ2) is 9.42. The van der Waals surface area contributed by atoms with Crippen molar-refractivity contribution in [3.8, 4) is 0 Å². The standard InChI is InChI=1S/C16H19F2N7O2.ClH/c1-19-15(26)14-5-11(7-20-14)25-8-10(23-24-25)6-21-16(27)22-13-3-2-9(17)4-12(13)18;/h2-4,8,11,14,20H,5-7H2,1H3,(H,19,26)(H2,21,22,27);1H/t11-,14-;/m0./s1. The molecular formula is C16H20ClF2N7O2. The van der Waals surface area contributed by atoms with Crippen molar-refractivity contribution >= 4 is 30.0 Å². The van der Waals surface area contributed by atoms with Gasteiger partial charge in [0.15, 0.2) is 0 Å². The average Bonchev–Trinajstić information content (AvgIpc) is 3.31. The number of anilines is 1. The van der Waals surface area contributed by atoms with E-state index >= 15 is 0 Å². The molecule has 2 aromatic rings. The van der Waals surface area contributed by atoms with Crippen molar-refractivity contribution in [1.29, 1.82) is 0 Å². The van der Waals surface area contributed by atoms with E-state index in [9.17, 15) is 18.4 Å². The van der Waals surface area contributed by atoms with Gasteiger partial charge in [0.25, 0.3) is 0 Å². The van der Waals surface area contributed by atoms with Crippen LogP contribution in [0.25, 0.3) is 0 Å². The van der Waals surface area contributed by atoms with Crippen molar-refractivity contribution < 1.29 is 18.4 Å². The molecule has 1 fully saturated rings. The van der Waals surface area contributed by atoms with Gasteiger partial charge in [0.05, 0.1) is 30.5 Å². The number of carbonyl (C=O) groups excluding carboxylic acids is 2. The summed E-state index contributed by atoms with van der Waals surface area (Å²) in [6.07, 6.45) is 2.26. The summed E-state index contributed by atoms with van der Waals surface area (Å²) in [5.41, 5.74) is 0.378. The third-order valence-corrected chi connectivity index (χ3v) is 4.21. The fraction of sp³-hybridized carbons (Fsp3) is 0.375. The quantitative estimate of drug-likeness (QED) is 0.580. The first-order valence-corrected chi connectivity index (χ1v) is 8.32. The van der Waals surface area contributed by atoms with Crippen molar-refractivity contribution in [2.24, 2.45) is 0 Å². The molecule has 2 atom stereocenters. The molecule has 2 heterocycles. The van der Waals surface area contributed by atoms with Gasteiger partial charge in [0.1, 0.15) is 17.3 Å². The van der Waals surface area contributed by atoms with E-state index in [1.165, 1.54) is 0 Å². The molecule has 1 aliphatic heterocycles. The highest BCUT2D eigenvalue weighted by Crippen LogP contribution is 2.19. The first kappa shape index (κ1) is 21.5. The van der Waals surface area contributed by atoms with Gasteiger partial charge in [-0.15, -0.1) is 17.5 Å². The number of carbonyl (C=O) groups is 2. The second-order valence-electron chi connectivity index (χ2n) is 6.09. The molecule has 0 saturated carbocycles. The molecule has 1 aromatic carbocycles. The Kier molecular flexibility index (Phi) is 7.24. The van der Waals surface area contributed by atoms with Crippen LogP contribution in [0.3, 0.4) is 0 Å². The highest BCUT2D eigenvalue weighted by atomic mass is 35.5. The zero-order chi connectivity index (χ0) is 19.4. The van der Waals surface area contributed by atoms with Crippen LogP contribution < -0.4 is 21.3 Å². The monoisotopic (exact) mass is 415 g/mol. The van der Waals surface area contributed by atoms with E-state index in [-0.39, 0.29) is 42.6 Å². The molecule has 3 amide bonds. The Labute approximate surface area is 165 Å². The molecule has 152 valence electrons. The van der Waals surface area contributed by atoms with Gasteiger partial charge in [-0.3, -0.25) is 4.79 Å². The SMILES string of the molecule is CNC(=O)[C@@H]1C[C@H](n2cc(CNC(=O)Nc3ccc(F)cc3F)nn2)CN1.Cl. The van der Waals surface area contributed by atoms with E-state index in [0.717, 1.165) is 12.1 Å². The molecule has 9 nitrogen and oxygen atoms in total. The number of hydrogen-bond acceptors (Lipinski definition) is 5. The lowest BCUT2D eigenvalue weighted by Gasteiger charge is -2.09. The third-order valence-electron chi connectivity index (χ3n) is 4.21. The summed E-state index contributed by atoms with van der Waals surface area (Å²) < 4.78 is 28.0. The Balaban J connectivity index is 0.00000280. The molecule has 1 aliphatic rings. The zero-order valence-electron chi connectivity index (χ0n) is 14.9. The fourth-order valence-electron chi connectivity index (χ4n) is 2.79. The Morgan fingerprint density at radius 1 is 1.36 bits per heavy atom. The van der Waals surface area contributed by atoms with E-state index in [0.29, 0.717) is 24.7 Å². The summed E-state index contributed by atoms with van der Waals surface area (Å²) in [5, 5.41) is 18.5. The number of aromatic nitrogens is 3. The van der Waals surface area contributed by atoms with Gasteiger partial charge in [-0.2, -0.15) is 0 Å². The Bertz CT molecular complexity index is 848. The predicted octanol–water partition coefficient (Wildman–Crippen LogP) is 0.949. The summed E-state index contributed by atoms with van der Waals surface area (Å²) >= 11 is 0.